The topological polar surface area (TPSA) is 77.3 Å². The minimum atomic E-state index is 0.214. The number of nitrogens with zero attached hydrogens (tertiary/aromatic N) is 5. The molecule has 8 nitrogen and oxygen atoms in total. The van der Waals surface area contributed by atoms with E-state index >= 15 is 0 Å². The molecule has 1 saturated carbocycles. The lowest BCUT2D eigenvalue weighted by Gasteiger charge is -2.38. The molecule has 4 heterocycles. The highest BCUT2D eigenvalue weighted by molar-refractivity contribution is 7.18. The number of anilines is 2. The Labute approximate surface area is 198 Å². The molecular weight excluding hydrogens is 436 g/mol. The fourth-order valence-corrected chi connectivity index (χ4v) is 6.76. The van der Waals surface area contributed by atoms with E-state index in [1.54, 1.807) is 10.9 Å². The molecule has 3 aromatic heterocycles. The Balaban J connectivity index is 1.25. The Kier molecular flexibility index (Phi) is 5.94. The normalized spacial score (nSPS) is 24.0. The summed E-state index contributed by atoms with van der Waals surface area (Å²) in [6.45, 7) is 3.86. The molecule has 0 bridgehead atoms. The molecule has 6 rings (SSSR count). The van der Waals surface area contributed by atoms with Gasteiger partial charge in [0.2, 0.25) is 11.8 Å². The average Bonchev–Trinajstić information content (AvgIpc) is 3.43. The number of ether oxygens (including phenoxy) is 2. The average molecular weight is 469 g/mol. The molecule has 33 heavy (non-hydrogen) atoms. The molecule has 1 saturated heterocycles. The van der Waals surface area contributed by atoms with Gasteiger partial charge in [-0.1, -0.05) is 0 Å². The molecule has 1 N–H and O–H groups in total. The van der Waals surface area contributed by atoms with Gasteiger partial charge in [0.15, 0.2) is 0 Å². The van der Waals surface area contributed by atoms with Gasteiger partial charge in [-0.05, 0) is 56.9 Å². The van der Waals surface area contributed by atoms with Gasteiger partial charge in [0.25, 0.3) is 0 Å². The number of rotatable bonds is 5. The van der Waals surface area contributed by atoms with Crippen LogP contribution in [-0.4, -0.2) is 63.1 Å². The second-order valence-electron chi connectivity index (χ2n) is 9.47. The summed E-state index contributed by atoms with van der Waals surface area (Å²) in [7, 11) is 1.91. The number of fused-ring (bicyclic) bond motifs is 3. The molecule has 9 heteroatoms. The third-order valence-corrected chi connectivity index (χ3v) is 8.41. The summed E-state index contributed by atoms with van der Waals surface area (Å²) in [5.74, 6) is 1.35. The number of morpholine rings is 1. The molecule has 2 fully saturated rings. The summed E-state index contributed by atoms with van der Waals surface area (Å²) >= 11 is 1.81. The van der Waals surface area contributed by atoms with Gasteiger partial charge in [0.1, 0.15) is 10.9 Å². The lowest BCUT2D eigenvalue weighted by atomic mass is 9.91. The maximum atomic E-state index is 6.66. The highest BCUT2D eigenvalue weighted by Crippen LogP contribution is 2.41. The zero-order valence-electron chi connectivity index (χ0n) is 19.3. The first kappa shape index (κ1) is 21.3. The Morgan fingerprint density at radius 3 is 2.70 bits per heavy atom. The van der Waals surface area contributed by atoms with E-state index in [1.807, 2.05) is 24.6 Å². The Hall–Kier alpha value is -2.23. The number of thiophene rings is 1. The van der Waals surface area contributed by atoms with E-state index in [1.165, 1.54) is 36.1 Å². The molecule has 3 aromatic rings. The van der Waals surface area contributed by atoms with Gasteiger partial charge in [0, 0.05) is 37.3 Å². The first-order chi connectivity index (χ1) is 16.2. The summed E-state index contributed by atoms with van der Waals surface area (Å²) in [5, 5.41) is 8.73. The maximum absolute atomic E-state index is 6.66. The monoisotopic (exact) mass is 468 g/mol. The van der Waals surface area contributed by atoms with Crippen LogP contribution in [-0.2, 0) is 24.6 Å². The van der Waals surface area contributed by atoms with Crippen LogP contribution in [0.4, 0.5) is 11.6 Å². The summed E-state index contributed by atoms with van der Waals surface area (Å²) in [4.78, 5) is 14.9. The molecule has 0 aromatic carbocycles. The Morgan fingerprint density at radius 1 is 1.09 bits per heavy atom. The van der Waals surface area contributed by atoms with Crippen LogP contribution in [0.2, 0.25) is 0 Å². The minimum Gasteiger partial charge on any atom is -0.474 e. The van der Waals surface area contributed by atoms with Crippen molar-refractivity contribution in [2.45, 2.75) is 63.5 Å². The van der Waals surface area contributed by atoms with Crippen LogP contribution < -0.4 is 10.1 Å². The number of hydrogen-bond acceptors (Lipinski definition) is 8. The summed E-state index contributed by atoms with van der Waals surface area (Å²) < 4.78 is 14.0. The minimum absolute atomic E-state index is 0.214. The first-order valence-corrected chi connectivity index (χ1v) is 13.1. The molecule has 0 atom stereocenters. The Morgan fingerprint density at radius 2 is 1.91 bits per heavy atom. The van der Waals surface area contributed by atoms with E-state index in [0.717, 1.165) is 73.8 Å². The molecule has 0 radical (unpaired) electrons. The maximum Gasteiger partial charge on any atom is 0.232 e. The molecular formula is C24H32N6O2S. The molecule has 0 amide bonds. The first-order valence-electron chi connectivity index (χ1n) is 12.3. The summed E-state index contributed by atoms with van der Waals surface area (Å²) in [6, 6.07) is 0.663. The van der Waals surface area contributed by atoms with E-state index in [4.69, 9.17) is 19.4 Å². The SMILES string of the molecule is Cn1cc(Nc2nc(OC3CCC(N4CCOCC4)CC3)c3c4c(sc3n2)CCCC4)cn1. The van der Waals surface area contributed by atoms with Gasteiger partial charge in [-0.25, -0.2) is 4.98 Å². The van der Waals surface area contributed by atoms with Gasteiger partial charge >= 0.3 is 0 Å². The van der Waals surface area contributed by atoms with Crippen LogP contribution in [0.15, 0.2) is 12.4 Å². The van der Waals surface area contributed by atoms with Crippen LogP contribution in [0.3, 0.4) is 0 Å². The van der Waals surface area contributed by atoms with Crippen molar-refractivity contribution in [3.8, 4) is 5.88 Å². The second kappa shape index (κ2) is 9.19. The van der Waals surface area contributed by atoms with Crippen molar-refractivity contribution in [3.63, 3.8) is 0 Å². The number of aromatic nitrogens is 4. The highest BCUT2D eigenvalue weighted by atomic mass is 32.1. The highest BCUT2D eigenvalue weighted by Gasteiger charge is 2.29. The van der Waals surface area contributed by atoms with Crippen molar-refractivity contribution >= 4 is 33.2 Å². The molecule has 2 aliphatic carbocycles. The third kappa shape index (κ3) is 4.46. The fraction of sp³-hybridized carbons (Fsp3) is 0.625. The Bertz CT molecular complexity index is 1110. The van der Waals surface area contributed by atoms with Gasteiger partial charge in [-0.15, -0.1) is 11.3 Å². The van der Waals surface area contributed by atoms with E-state index in [0.29, 0.717) is 12.0 Å². The summed E-state index contributed by atoms with van der Waals surface area (Å²) in [6.07, 6.45) is 13.2. The largest absolute Gasteiger partial charge is 0.474 e. The van der Waals surface area contributed by atoms with Crippen LogP contribution in [0.1, 0.15) is 49.0 Å². The van der Waals surface area contributed by atoms with Crippen LogP contribution >= 0.6 is 11.3 Å². The molecule has 0 spiro atoms. The van der Waals surface area contributed by atoms with Gasteiger partial charge in [-0.3, -0.25) is 9.58 Å². The van der Waals surface area contributed by atoms with Crippen LogP contribution in [0, 0.1) is 0 Å². The van der Waals surface area contributed by atoms with Gasteiger partial charge < -0.3 is 14.8 Å². The lowest BCUT2D eigenvalue weighted by Crippen LogP contribution is -2.46. The van der Waals surface area contributed by atoms with Crippen molar-refractivity contribution in [1.29, 1.82) is 0 Å². The smallest absolute Gasteiger partial charge is 0.232 e. The van der Waals surface area contributed by atoms with Gasteiger partial charge in [-0.2, -0.15) is 10.1 Å². The van der Waals surface area contributed by atoms with Crippen molar-refractivity contribution in [2.24, 2.45) is 7.05 Å². The van der Waals surface area contributed by atoms with Crippen molar-refractivity contribution in [2.75, 3.05) is 31.6 Å². The standard InChI is InChI=1S/C24H32N6O2S/c1-29-15-16(14-25-29)26-24-27-22(21-19-4-2-3-5-20(19)33-23(21)28-24)32-18-8-6-17(7-9-18)30-10-12-31-13-11-30/h14-15,17-18H,2-13H2,1H3,(H,26,27,28). The van der Waals surface area contributed by atoms with E-state index in [9.17, 15) is 0 Å². The van der Waals surface area contributed by atoms with E-state index in [-0.39, 0.29) is 6.10 Å². The third-order valence-electron chi connectivity index (χ3n) is 7.23. The fourth-order valence-electron chi connectivity index (χ4n) is 5.51. The zero-order valence-corrected chi connectivity index (χ0v) is 20.1. The van der Waals surface area contributed by atoms with Crippen molar-refractivity contribution < 1.29 is 9.47 Å². The number of nitrogens with one attached hydrogen (secondary N) is 1. The zero-order chi connectivity index (χ0) is 22.2. The van der Waals surface area contributed by atoms with E-state index in [2.05, 4.69) is 15.3 Å². The number of aryl methyl sites for hydroxylation is 3. The van der Waals surface area contributed by atoms with Crippen LogP contribution in [0.5, 0.6) is 5.88 Å². The van der Waals surface area contributed by atoms with E-state index < -0.39 is 0 Å². The van der Waals surface area contributed by atoms with Crippen LogP contribution in [0.25, 0.3) is 10.2 Å². The van der Waals surface area contributed by atoms with Crippen molar-refractivity contribution in [3.05, 3.63) is 22.8 Å². The molecule has 3 aliphatic rings. The molecule has 1 aliphatic heterocycles. The molecule has 0 unspecified atom stereocenters. The second-order valence-corrected chi connectivity index (χ2v) is 10.6. The number of hydrogen-bond donors (Lipinski definition) is 1. The van der Waals surface area contributed by atoms with Gasteiger partial charge in [0.05, 0.1) is 30.5 Å². The lowest BCUT2D eigenvalue weighted by molar-refractivity contribution is -0.00125. The predicted molar refractivity (Wildman–Crippen MR) is 130 cm³/mol. The van der Waals surface area contributed by atoms with Crippen molar-refractivity contribution in [1.82, 2.24) is 24.6 Å². The summed E-state index contributed by atoms with van der Waals surface area (Å²) in [5.41, 5.74) is 2.31. The molecule has 176 valence electrons. The quantitative estimate of drug-likeness (QED) is 0.605. The predicted octanol–water partition coefficient (Wildman–Crippen LogP) is 4.07.